The van der Waals surface area contributed by atoms with Gasteiger partial charge in [-0.25, -0.2) is 0 Å². The largest absolute Gasteiger partial charge is 0.383 e. The molecular weight excluding hydrogens is 274 g/mol. The predicted octanol–water partition coefficient (Wildman–Crippen LogP) is 2.78. The van der Waals surface area contributed by atoms with E-state index in [0.717, 1.165) is 18.4 Å². The molecule has 0 unspecified atom stereocenters. The van der Waals surface area contributed by atoms with Crippen molar-refractivity contribution in [3.8, 4) is 0 Å². The molecule has 3 nitrogen and oxygen atoms in total. The van der Waals surface area contributed by atoms with Crippen molar-refractivity contribution < 1.29 is 9.90 Å². The molecule has 0 bridgehead atoms. The van der Waals surface area contributed by atoms with Crippen molar-refractivity contribution in [2.45, 2.75) is 38.0 Å². The molecule has 3 heteroatoms. The lowest BCUT2D eigenvalue weighted by Gasteiger charge is -2.24. The van der Waals surface area contributed by atoms with Gasteiger partial charge in [-0.05, 0) is 24.0 Å². The number of likely N-dealkylation sites (tertiary alicyclic amines) is 1. The lowest BCUT2D eigenvalue weighted by molar-refractivity contribution is -0.135. The molecule has 2 aromatic rings. The number of carbonyl (C=O) groups excluding carboxylic acids is 1. The SMILES string of the molecule is O=C1[C@H](O)C[C@H](CCc2ccccc2)N1Cc1ccccc1. The molecule has 1 aliphatic heterocycles. The van der Waals surface area contributed by atoms with E-state index < -0.39 is 6.10 Å². The number of hydrogen-bond donors (Lipinski definition) is 1. The van der Waals surface area contributed by atoms with Crippen LogP contribution in [0.5, 0.6) is 0 Å². The van der Waals surface area contributed by atoms with E-state index in [1.54, 1.807) is 0 Å². The molecule has 3 rings (SSSR count). The quantitative estimate of drug-likeness (QED) is 0.921. The van der Waals surface area contributed by atoms with Crippen molar-refractivity contribution in [2.24, 2.45) is 0 Å². The lowest BCUT2D eigenvalue weighted by atomic mass is 10.0. The highest BCUT2D eigenvalue weighted by molar-refractivity contribution is 5.83. The minimum atomic E-state index is -0.843. The second-order valence-corrected chi connectivity index (χ2v) is 5.88. The third-order valence-electron chi connectivity index (χ3n) is 4.31. The molecule has 2 atom stereocenters. The first-order valence-electron chi connectivity index (χ1n) is 7.80. The maximum atomic E-state index is 12.2. The van der Waals surface area contributed by atoms with Crippen LogP contribution in [0, 0.1) is 0 Å². The van der Waals surface area contributed by atoms with Gasteiger partial charge in [-0.3, -0.25) is 4.79 Å². The average Bonchev–Trinajstić information content (AvgIpc) is 2.83. The van der Waals surface area contributed by atoms with Gasteiger partial charge in [0.25, 0.3) is 5.91 Å². The van der Waals surface area contributed by atoms with Crippen molar-refractivity contribution in [1.29, 1.82) is 0 Å². The Morgan fingerprint density at radius 1 is 0.955 bits per heavy atom. The maximum Gasteiger partial charge on any atom is 0.252 e. The van der Waals surface area contributed by atoms with Gasteiger partial charge in [0.05, 0.1) is 0 Å². The molecule has 1 amide bonds. The summed E-state index contributed by atoms with van der Waals surface area (Å²) in [5, 5.41) is 9.92. The van der Waals surface area contributed by atoms with Crippen molar-refractivity contribution in [1.82, 2.24) is 4.90 Å². The summed E-state index contributed by atoms with van der Waals surface area (Å²) >= 11 is 0. The van der Waals surface area contributed by atoms with E-state index in [2.05, 4.69) is 12.1 Å². The van der Waals surface area contributed by atoms with Gasteiger partial charge in [-0.15, -0.1) is 0 Å². The summed E-state index contributed by atoms with van der Waals surface area (Å²) in [6.45, 7) is 0.580. The van der Waals surface area contributed by atoms with Gasteiger partial charge in [-0.1, -0.05) is 60.7 Å². The smallest absolute Gasteiger partial charge is 0.252 e. The first-order valence-corrected chi connectivity index (χ1v) is 7.80. The highest BCUT2D eigenvalue weighted by Gasteiger charge is 2.37. The number of nitrogens with zero attached hydrogens (tertiary/aromatic N) is 1. The van der Waals surface area contributed by atoms with Crippen LogP contribution in [0.4, 0.5) is 0 Å². The van der Waals surface area contributed by atoms with Crippen LogP contribution in [0.15, 0.2) is 60.7 Å². The van der Waals surface area contributed by atoms with Crippen LogP contribution in [-0.2, 0) is 17.8 Å². The standard InChI is InChI=1S/C19H21NO2/c21-18-13-17(12-11-15-7-3-1-4-8-15)20(19(18)22)14-16-9-5-2-6-10-16/h1-10,17-18,21H,11-14H2/t17-,18+/m0/s1. The fourth-order valence-corrected chi connectivity index (χ4v) is 3.10. The van der Waals surface area contributed by atoms with Crippen LogP contribution in [0.25, 0.3) is 0 Å². The summed E-state index contributed by atoms with van der Waals surface area (Å²) in [6, 6.07) is 20.4. The zero-order chi connectivity index (χ0) is 15.4. The summed E-state index contributed by atoms with van der Waals surface area (Å²) in [5.41, 5.74) is 2.38. The molecule has 2 aromatic carbocycles. The number of aryl methyl sites for hydroxylation is 1. The molecule has 0 radical (unpaired) electrons. The monoisotopic (exact) mass is 295 g/mol. The molecule has 0 spiro atoms. The Morgan fingerprint density at radius 2 is 1.55 bits per heavy atom. The van der Waals surface area contributed by atoms with Crippen molar-refractivity contribution in [3.63, 3.8) is 0 Å². The van der Waals surface area contributed by atoms with E-state index >= 15 is 0 Å². The fourth-order valence-electron chi connectivity index (χ4n) is 3.10. The molecule has 1 fully saturated rings. The zero-order valence-electron chi connectivity index (χ0n) is 12.6. The van der Waals surface area contributed by atoms with Crippen molar-refractivity contribution >= 4 is 5.91 Å². The number of carbonyl (C=O) groups is 1. The predicted molar refractivity (Wildman–Crippen MR) is 86.2 cm³/mol. The van der Waals surface area contributed by atoms with Gasteiger partial charge in [-0.2, -0.15) is 0 Å². The van der Waals surface area contributed by atoms with E-state index in [1.807, 2.05) is 53.4 Å². The molecule has 1 heterocycles. The zero-order valence-corrected chi connectivity index (χ0v) is 12.6. The van der Waals surface area contributed by atoms with Gasteiger partial charge in [0.15, 0.2) is 0 Å². The Hall–Kier alpha value is -2.13. The van der Waals surface area contributed by atoms with E-state index in [9.17, 15) is 9.90 Å². The lowest BCUT2D eigenvalue weighted by Crippen LogP contribution is -2.34. The third kappa shape index (κ3) is 3.37. The van der Waals surface area contributed by atoms with Gasteiger partial charge < -0.3 is 10.0 Å². The molecule has 0 saturated carbocycles. The molecular formula is C19H21NO2. The van der Waals surface area contributed by atoms with Gasteiger partial charge in [0, 0.05) is 19.0 Å². The van der Waals surface area contributed by atoms with E-state index in [-0.39, 0.29) is 11.9 Å². The number of benzene rings is 2. The number of aliphatic hydroxyl groups excluding tert-OH is 1. The molecule has 0 aliphatic carbocycles. The summed E-state index contributed by atoms with van der Waals surface area (Å²) < 4.78 is 0. The number of rotatable bonds is 5. The highest BCUT2D eigenvalue weighted by Crippen LogP contribution is 2.25. The Bertz CT molecular complexity index is 612. The fraction of sp³-hybridized carbons (Fsp3) is 0.316. The van der Waals surface area contributed by atoms with E-state index in [1.165, 1.54) is 5.56 Å². The average molecular weight is 295 g/mol. The van der Waals surface area contributed by atoms with E-state index in [0.29, 0.717) is 13.0 Å². The highest BCUT2D eigenvalue weighted by atomic mass is 16.3. The summed E-state index contributed by atoms with van der Waals surface area (Å²) in [6.07, 6.45) is 1.51. The van der Waals surface area contributed by atoms with E-state index in [4.69, 9.17) is 0 Å². The summed E-state index contributed by atoms with van der Waals surface area (Å²) in [5.74, 6) is -0.137. The first kappa shape index (κ1) is 14.8. The Balaban J connectivity index is 1.67. The van der Waals surface area contributed by atoms with Crippen LogP contribution < -0.4 is 0 Å². The van der Waals surface area contributed by atoms with Gasteiger partial charge >= 0.3 is 0 Å². The van der Waals surface area contributed by atoms with Crippen LogP contribution in [-0.4, -0.2) is 28.1 Å². The molecule has 1 N–H and O–H groups in total. The first-order chi connectivity index (χ1) is 10.7. The van der Waals surface area contributed by atoms with Crippen molar-refractivity contribution in [3.05, 3.63) is 71.8 Å². The molecule has 1 aliphatic rings. The van der Waals surface area contributed by atoms with Crippen LogP contribution in [0.2, 0.25) is 0 Å². The topological polar surface area (TPSA) is 40.5 Å². The number of amides is 1. The maximum absolute atomic E-state index is 12.2. The molecule has 0 aromatic heterocycles. The summed E-state index contributed by atoms with van der Waals surface area (Å²) in [7, 11) is 0. The van der Waals surface area contributed by atoms with Crippen LogP contribution in [0.1, 0.15) is 24.0 Å². The molecule has 22 heavy (non-hydrogen) atoms. The van der Waals surface area contributed by atoms with Crippen molar-refractivity contribution in [2.75, 3.05) is 0 Å². The van der Waals surface area contributed by atoms with Crippen LogP contribution in [0.3, 0.4) is 0 Å². The number of hydrogen-bond acceptors (Lipinski definition) is 2. The Morgan fingerprint density at radius 3 is 2.18 bits per heavy atom. The minimum absolute atomic E-state index is 0.114. The molecule has 1 saturated heterocycles. The van der Waals surface area contributed by atoms with Crippen LogP contribution >= 0.6 is 0 Å². The Kier molecular flexibility index (Phi) is 4.54. The normalized spacial score (nSPS) is 21.3. The van der Waals surface area contributed by atoms with Gasteiger partial charge in [0.2, 0.25) is 0 Å². The molecule has 114 valence electrons. The summed E-state index contributed by atoms with van der Waals surface area (Å²) in [4.78, 5) is 14.0. The van der Waals surface area contributed by atoms with Gasteiger partial charge in [0.1, 0.15) is 6.10 Å². The third-order valence-corrected chi connectivity index (χ3v) is 4.31. The minimum Gasteiger partial charge on any atom is -0.383 e. The number of aliphatic hydroxyl groups is 1. The second kappa shape index (κ2) is 6.75. The Labute approximate surface area is 131 Å². The second-order valence-electron chi connectivity index (χ2n) is 5.88.